The van der Waals surface area contributed by atoms with Gasteiger partial charge in [0.25, 0.3) is 0 Å². The zero-order chi connectivity index (χ0) is 24.2. The van der Waals surface area contributed by atoms with Crippen LogP contribution in [0.5, 0.6) is 5.75 Å². The summed E-state index contributed by atoms with van der Waals surface area (Å²) in [5, 5.41) is 30.8. The summed E-state index contributed by atoms with van der Waals surface area (Å²) in [4.78, 5) is 9.95. The van der Waals surface area contributed by atoms with Gasteiger partial charge in [-0.15, -0.1) is 0 Å². The molecule has 1 aliphatic rings. The van der Waals surface area contributed by atoms with E-state index >= 15 is 0 Å². The number of aliphatic hydroxyl groups is 2. The first-order valence-electron chi connectivity index (χ1n) is 12.0. The lowest BCUT2D eigenvalue weighted by Crippen LogP contribution is -2.29. The molecular weight excluding hydrogens is 430 g/mol. The average Bonchev–Trinajstić information content (AvgIpc) is 3.38. The molecule has 4 N–H and O–H groups in total. The highest BCUT2D eigenvalue weighted by Crippen LogP contribution is 2.34. The molecule has 2 aromatic heterocycles. The van der Waals surface area contributed by atoms with Gasteiger partial charge in [0, 0.05) is 29.1 Å². The highest BCUT2D eigenvalue weighted by atomic mass is 16.5. The summed E-state index contributed by atoms with van der Waals surface area (Å²) < 4.78 is 5.81. The molecule has 1 aromatic carbocycles. The minimum Gasteiger partial charge on any atom is -0.491 e. The fourth-order valence-electron chi connectivity index (χ4n) is 4.75. The van der Waals surface area contributed by atoms with E-state index in [1.54, 1.807) is 7.05 Å². The zero-order valence-corrected chi connectivity index (χ0v) is 20.4. The number of aromatic nitrogens is 4. The standard InChI is InChI=1S/C26H35N5O3/c1-15-22(12-18-7-6-10-23(18)33)28-26(29-25(15)24-16(2)30-31-17(24)3)19-8-5-9-21(11-19)34-14-20(32)13-27-4/h5,8-9,11,18,20,23,27,32-33H,6-7,10,12-14H2,1-4H3,(H,30,31)/t18-,20?,23-/m1/s1. The number of ether oxygens (including phenoxy) is 1. The monoisotopic (exact) mass is 465 g/mol. The lowest BCUT2D eigenvalue weighted by atomic mass is 9.94. The summed E-state index contributed by atoms with van der Waals surface area (Å²) in [6.07, 6.45) is 2.77. The summed E-state index contributed by atoms with van der Waals surface area (Å²) in [5.74, 6) is 1.48. The van der Waals surface area contributed by atoms with Crippen molar-refractivity contribution in [2.75, 3.05) is 20.2 Å². The minimum absolute atomic E-state index is 0.197. The normalized spacial score (nSPS) is 18.9. The average molecular weight is 466 g/mol. The quantitative estimate of drug-likeness (QED) is 0.384. The molecule has 1 unspecified atom stereocenters. The molecule has 0 bridgehead atoms. The number of hydrogen-bond donors (Lipinski definition) is 4. The van der Waals surface area contributed by atoms with E-state index in [-0.39, 0.29) is 18.6 Å². The van der Waals surface area contributed by atoms with Gasteiger partial charge in [-0.2, -0.15) is 5.10 Å². The van der Waals surface area contributed by atoms with Crippen LogP contribution >= 0.6 is 0 Å². The van der Waals surface area contributed by atoms with E-state index in [4.69, 9.17) is 14.7 Å². The molecule has 4 rings (SSSR count). The van der Waals surface area contributed by atoms with Crippen molar-refractivity contribution in [3.63, 3.8) is 0 Å². The lowest BCUT2D eigenvalue weighted by molar-refractivity contribution is 0.108. The predicted octanol–water partition coefficient (Wildman–Crippen LogP) is 3.12. The fourth-order valence-corrected chi connectivity index (χ4v) is 4.75. The molecule has 0 saturated heterocycles. The fraction of sp³-hybridized carbons (Fsp3) is 0.500. The largest absolute Gasteiger partial charge is 0.491 e. The SMILES string of the molecule is CNCC(O)COc1cccc(-c2nc(C[C@H]3CCC[C@H]3O)c(C)c(-c3c(C)n[nH]c3C)n2)c1. The van der Waals surface area contributed by atoms with Gasteiger partial charge in [0.2, 0.25) is 0 Å². The number of aryl methyl sites for hydroxylation is 2. The van der Waals surface area contributed by atoms with Gasteiger partial charge in [-0.25, -0.2) is 9.97 Å². The van der Waals surface area contributed by atoms with E-state index < -0.39 is 6.10 Å². The molecule has 8 heteroatoms. The van der Waals surface area contributed by atoms with Crippen molar-refractivity contribution >= 4 is 0 Å². The van der Waals surface area contributed by atoms with Crippen molar-refractivity contribution in [3.05, 3.63) is 46.9 Å². The smallest absolute Gasteiger partial charge is 0.160 e. The van der Waals surface area contributed by atoms with Crippen LogP contribution in [0.2, 0.25) is 0 Å². The van der Waals surface area contributed by atoms with Crippen molar-refractivity contribution in [2.24, 2.45) is 5.92 Å². The highest BCUT2D eigenvalue weighted by Gasteiger charge is 2.28. The molecule has 3 atom stereocenters. The number of nitrogens with one attached hydrogen (secondary N) is 2. The van der Waals surface area contributed by atoms with Crippen LogP contribution in [0.1, 0.15) is 41.9 Å². The van der Waals surface area contributed by atoms with Crippen LogP contribution < -0.4 is 10.1 Å². The van der Waals surface area contributed by atoms with Gasteiger partial charge in [0.1, 0.15) is 18.5 Å². The summed E-state index contributed by atoms with van der Waals surface area (Å²) in [6.45, 7) is 6.70. The molecule has 1 saturated carbocycles. The van der Waals surface area contributed by atoms with Crippen LogP contribution in [-0.4, -0.2) is 62.8 Å². The van der Waals surface area contributed by atoms with E-state index in [0.29, 0.717) is 18.1 Å². The van der Waals surface area contributed by atoms with E-state index in [0.717, 1.165) is 65.1 Å². The van der Waals surface area contributed by atoms with Gasteiger partial charge in [-0.1, -0.05) is 18.6 Å². The Kier molecular flexibility index (Phi) is 7.60. The molecule has 0 amide bonds. The number of benzene rings is 1. The van der Waals surface area contributed by atoms with Gasteiger partial charge >= 0.3 is 0 Å². The van der Waals surface area contributed by atoms with Crippen molar-refractivity contribution in [1.29, 1.82) is 0 Å². The number of hydrogen-bond acceptors (Lipinski definition) is 7. The number of H-pyrrole nitrogens is 1. The summed E-state index contributed by atoms with van der Waals surface area (Å²) in [5.41, 5.74) is 6.55. The van der Waals surface area contributed by atoms with Crippen molar-refractivity contribution < 1.29 is 14.9 Å². The lowest BCUT2D eigenvalue weighted by Gasteiger charge is -2.18. The Morgan fingerprint density at radius 2 is 2.03 bits per heavy atom. The Labute approximate surface area is 200 Å². The van der Waals surface area contributed by atoms with Crippen LogP contribution in [0.3, 0.4) is 0 Å². The highest BCUT2D eigenvalue weighted by molar-refractivity contribution is 5.71. The number of aliphatic hydroxyl groups excluding tert-OH is 2. The maximum absolute atomic E-state index is 10.4. The van der Waals surface area contributed by atoms with Crippen LogP contribution in [0.25, 0.3) is 22.6 Å². The Morgan fingerprint density at radius 3 is 2.71 bits per heavy atom. The second-order valence-electron chi connectivity index (χ2n) is 9.29. The molecule has 34 heavy (non-hydrogen) atoms. The maximum atomic E-state index is 10.4. The predicted molar refractivity (Wildman–Crippen MR) is 132 cm³/mol. The van der Waals surface area contributed by atoms with Gasteiger partial charge < -0.3 is 20.3 Å². The number of nitrogens with zero attached hydrogens (tertiary/aromatic N) is 3. The van der Waals surface area contributed by atoms with E-state index in [1.807, 2.05) is 38.1 Å². The summed E-state index contributed by atoms with van der Waals surface area (Å²) in [6, 6.07) is 7.65. The van der Waals surface area contributed by atoms with Crippen molar-refractivity contribution in [3.8, 4) is 28.4 Å². The van der Waals surface area contributed by atoms with Crippen LogP contribution in [0.4, 0.5) is 0 Å². The summed E-state index contributed by atoms with van der Waals surface area (Å²) >= 11 is 0. The Morgan fingerprint density at radius 1 is 1.21 bits per heavy atom. The molecule has 0 aliphatic heterocycles. The number of likely N-dealkylation sites (N-methyl/N-ethyl adjacent to an activating group) is 1. The second kappa shape index (κ2) is 10.6. The van der Waals surface area contributed by atoms with E-state index in [9.17, 15) is 10.2 Å². The molecular formula is C26H35N5O3. The van der Waals surface area contributed by atoms with Crippen LogP contribution in [-0.2, 0) is 6.42 Å². The molecule has 0 spiro atoms. The number of aromatic amines is 1. The van der Waals surface area contributed by atoms with Crippen molar-refractivity contribution in [1.82, 2.24) is 25.5 Å². The summed E-state index contributed by atoms with van der Waals surface area (Å²) in [7, 11) is 1.79. The third kappa shape index (κ3) is 5.29. The van der Waals surface area contributed by atoms with Gasteiger partial charge in [-0.05, 0) is 70.7 Å². The molecule has 8 nitrogen and oxygen atoms in total. The third-order valence-corrected chi connectivity index (χ3v) is 6.66. The van der Waals surface area contributed by atoms with E-state index in [1.165, 1.54) is 0 Å². The molecule has 0 radical (unpaired) electrons. The van der Waals surface area contributed by atoms with Crippen molar-refractivity contribution in [2.45, 2.75) is 58.7 Å². The Hall–Kier alpha value is -2.81. The molecule has 3 aromatic rings. The molecule has 1 fully saturated rings. The molecule has 2 heterocycles. The van der Waals surface area contributed by atoms with Crippen LogP contribution in [0.15, 0.2) is 24.3 Å². The van der Waals surface area contributed by atoms with Crippen LogP contribution in [0, 0.1) is 26.7 Å². The zero-order valence-electron chi connectivity index (χ0n) is 20.4. The first-order valence-corrected chi connectivity index (χ1v) is 12.0. The van der Waals surface area contributed by atoms with Gasteiger partial charge in [0.05, 0.1) is 17.5 Å². The van der Waals surface area contributed by atoms with Gasteiger partial charge in [-0.3, -0.25) is 5.10 Å². The Balaban J connectivity index is 1.73. The first kappa shape index (κ1) is 24.3. The van der Waals surface area contributed by atoms with Gasteiger partial charge in [0.15, 0.2) is 5.82 Å². The molecule has 182 valence electrons. The first-order chi connectivity index (χ1) is 16.4. The second-order valence-corrected chi connectivity index (χ2v) is 9.29. The molecule has 1 aliphatic carbocycles. The third-order valence-electron chi connectivity index (χ3n) is 6.66. The minimum atomic E-state index is -0.590. The number of rotatable bonds is 9. The van der Waals surface area contributed by atoms with E-state index in [2.05, 4.69) is 22.4 Å². The maximum Gasteiger partial charge on any atom is 0.160 e. The Bertz CT molecular complexity index is 1110. The topological polar surface area (TPSA) is 116 Å².